The number of fused-ring (bicyclic) bond motifs is 3. The summed E-state index contributed by atoms with van der Waals surface area (Å²) in [6.45, 7) is 4.45. The van der Waals surface area contributed by atoms with Crippen LogP contribution in [0.15, 0.2) is 6.20 Å². The van der Waals surface area contributed by atoms with Crippen LogP contribution in [0.2, 0.25) is 0 Å². The van der Waals surface area contributed by atoms with Gasteiger partial charge in [0.1, 0.15) is 5.69 Å². The number of amides is 2. The fourth-order valence-corrected chi connectivity index (χ4v) is 5.08. The van der Waals surface area contributed by atoms with Crippen LogP contribution in [0, 0.1) is 17.8 Å². The van der Waals surface area contributed by atoms with Crippen molar-refractivity contribution in [1.29, 1.82) is 0 Å². The van der Waals surface area contributed by atoms with Gasteiger partial charge in [0, 0.05) is 38.7 Å². The van der Waals surface area contributed by atoms with Gasteiger partial charge in [-0.2, -0.15) is 0 Å². The fourth-order valence-electron chi connectivity index (χ4n) is 5.08. The summed E-state index contributed by atoms with van der Waals surface area (Å²) in [7, 11) is 1.65. The summed E-state index contributed by atoms with van der Waals surface area (Å²) in [5.74, 6) is 0.456. The second-order valence-corrected chi connectivity index (χ2v) is 8.41. The maximum absolute atomic E-state index is 13.1. The molecule has 2 N–H and O–H groups in total. The van der Waals surface area contributed by atoms with Gasteiger partial charge in [-0.1, -0.05) is 5.21 Å². The summed E-state index contributed by atoms with van der Waals surface area (Å²) in [6.07, 6.45) is 5.44. The van der Waals surface area contributed by atoms with Gasteiger partial charge in [-0.25, -0.2) is 0 Å². The third kappa shape index (κ3) is 3.91. The Hall–Kier alpha value is -2.00. The molecule has 0 spiro atoms. The van der Waals surface area contributed by atoms with E-state index < -0.39 is 0 Å². The van der Waals surface area contributed by atoms with Gasteiger partial charge in [-0.05, 0) is 38.1 Å². The number of primary amides is 1. The second-order valence-electron chi connectivity index (χ2n) is 8.41. The highest BCUT2D eigenvalue weighted by Crippen LogP contribution is 2.38. The van der Waals surface area contributed by atoms with Crippen LogP contribution in [0.3, 0.4) is 0 Å². The molecule has 9 nitrogen and oxygen atoms in total. The Morgan fingerprint density at radius 1 is 1.25 bits per heavy atom. The quantitative estimate of drug-likeness (QED) is 0.725. The summed E-state index contributed by atoms with van der Waals surface area (Å²) in [6, 6.07) is 0.403. The van der Waals surface area contributed by atoms with Crippen LogP contribution in [-0.2, 0) is 27.5 Å². The van der Waals surface area contributed by atoms with E-state index in [1.807, 2.05) is 15.8 Å². The van der Waals surface area contributed by atoms with E-state index >= 15 is 0 Å². The van der Waals surface area contributed by atoms with Gasteiger partial charge in [0.05, 0.1) is 25.3 Å². The molecular formula is C19H30N6O3. The average Bonchev–Trinajstić information content (AvgIpc) is 3.15. The lowest BCUT2D eigenvalue weighted by atomic mass is 9.74. The molecule has 28 heavy (non-hydrogen) atoms. The topological polar surface area (TPSA) is 107 Å². The number of ether oxygens (including phenoxy) is 1. The summed E-state index contributed by atoms with van der Waals surface area (Å²) in [5.41, 5.74) is 6.25. The highest BCUT2D eigenvalue weighted by molar-refractivity contribution is 5.81. The average molecular weight is 390 g/mol. The molecule has 2 amide bonds. The number of hydrogen-bond acceptors (Lipinski definition) is 6. The molecule has 5 heterocycles. The minimum atomic E-state index is -0.237. The number of nitrogens with two attached hydrogens (primary N) is 1. The Balaban J connectivity index is 1.33. The smallest absolute Gasteiger partial charge is 0.227 e. The minimum absolute atomic E-state index is 0.0781. The maximum Gasteiger partial charge on any atom is 0.227 e. The van der Waals surface area contributed by atoms with Crippen molar-refractivity contribution in [1.82, 2.24) is 24.8 Å². The Morgan fingerprint density at radius 2 is 2.04 bits per heavy atom. The zero-order valence-electron chi connectivity index (χ0n) is 16.5. The van der Waals surface area contributed by atoms with Crippen molar-refractivity contribution in [3.8, 4) is 0 Å². The van der Waals surface area contributed by atoms with Gasteiger partial charge in [0.25, 0.3) is 0 Å². The van der Waals surface area contributed by atoms with Crippen molar-refractivity contribution in [3.63, 3.8) is 0 Å². The van der Waals surface area contributed by atoms with Gasteiger partial charge in [0.2, 0.25) is 11.8 Å². The van der Waals surface area contributed by atoms with E-state index in [0.29, 0.717) is 44.5 Å². The van der Waals surface area contributed by atoms with Crippen LogP contribution < -0.4 is 5.73 Å². The molecule has 2 bridgehead atoms. The molecule has 9 heteroatoms. The van der Waals surface area contributed by atoms with Gasteiger partial charge in [-0.15, -0.1) is 5.10 Å². The molecule has 4 atom stereocenters. The van der Waals surface area contributed by atoms with Crippen LogP contribution >= 0.6 is 0 Å². The first kappa shape index (κ1) is 19.3. The molecule has 1 unspecified atom stereocenters. The molecular weight excluding hydrogens is 360 g/mol. The van der Waals surface area contributed by atoms with E-state index in [0.717, 1.165) is 38.2 Å². The number of likely N-dealkylation sites (tertiary alicyclic amines) is 1. The van der Waals surface area contributed by atoms with Crippen molar-refractivity contribution in [2.45, 2.75) is 44.9 Å². The van der Waals surface area contributed by atoms with Crippen LogP contribution in [0.5, 0.6) is 0 Å². The van der Waals surface area contributed by atoms with E-state index in [2.05, 4.69) is 15.2 Å². The van der Waals surface area contributed by atoms with Gasteiger partial charge >= 0.3 is 0 Å². The number of nitrogens with zero attached hydrogens (tertiary/aromatic N) is 5. The van der Waals surface area contributed by atoms with Crippen LogP contribution in [0.25, 0.3) is 0 Å². The van der Waals surface area contributed by atoms with Crippen LogP contribution in [0.4, 0.5) is 0 Å². The lowest BCUT2D eigenvalue weighted by Gasteiger charge is -2.50. The molecule has 0 aliphatic carbocycles. The highest BCUT2D eigenvalue weighted by Gasteiger charge is 2.45. The standard InChI is InChI=1S/C19H30N6O3/c1-28-12-15-9-25(22-21-15)10-16-8-14-4-7-24(16)11-17(14)19(27)23-5-2-13(3-6-23)18(20)26/h9,13-14,16-17H,2-8,10-12H2,1H3,(H2,20,26)/t14-,16+,17-/m0/s1. The van der Waals surface area contributed by atoms with Gasteiger partial charge in [-0.3, -0.25) is 19.2 Å². The van der Waals surface area contributed by atoms with Crippen molar-refractivity contribution in [2.24, 2.45) is 23.5 Å². The van der Waals surface area contributed by atoms with Gasteiger partial charge < -0.3 is 15.4 Å². The number of carbonyl (C=O) groups excluding carboxylic acids is 2. The number of rotatable bonds is 6. The maximum atomic E-state index is 13.1. The van der Waals surface area contributed by atoms with Crippen molar-refractivity contribution < 1.29 is 14.3 Å². The number of carbonyl (C=O) groups is 2. The Labute approximate surface area is 165 Å². The molecule has 4 aliphatic heterocycles. The molecule has 4 saturated heterocycles. The van der Waals surface area contributed by atoms with Crippen molar-refractivity contribution in [3.05, 3.63) is 11.9 Å². The molecule has 154 valence electrons. The summed E-state index contributed by atoms with van der Waals surface area (Å²) >= 11 is 0. The Bertz CT molecular complexity index is 714. The molecule has 1 aromatic heterocycles. The first-order valence-electron chi connectivity index (χ1n) is 10.2. The van der Waals surface area contributed by atoms with Gasteiger partial charge in [0.15, 0.2) is 0 Å². The fraction of sp³-hybridized carbons (Fsp3) is 0.789. The highest BCUT2D eigenvalue weighted by atomic mass is 16.5. The largest absolute Gasteiger partial charge is 0.378 e. The monoisotopic (exact) mass is 390 g/mol. The van der Waals surface area contributed by atoms with E-state index in [9.17, 15) is 9.59 Å². The van der Waals surface area contributed by atoms with Crippen LogP contribution in [-0.4, -0.2) is 75.9 Å². The summed E-state index contributed by atoms with van der Waals surface area (Å²) < 4.78 is 7.00. The lowest BCUT2D eigenvalue weighted by molar-refractivity contribution is -0.146. The molecule has 5 rings (SSSR count). The normalized spacial score (nSPS) is 30.5. The molecule has 1 aromatic rings. The molecule has 0 aromatic carbocycles. The summed E-state index contributed by atoms with van der Waals surface area (Å²) in [4.78, 5) is 28.9. The lowest BCUT2D eigenvalue weighted by Crippen LogP contribution is -2.59. The van der Waals surface area contributed by atoms with E-state index in [4.69, 9.17) is 10.5 Å². The number of methoxy groups -OCH3 is 1. The van der Waals surface area contributed by atoms with E-state index in [1.165, 1.54) is 0 Å². The Morgan fingerprint density at radius 3 is 2.68 bits per heavy atom. The SMILES string of the molecule is COCc1cn(C[C@H]2C[C@@H]3CCN2C[C@@H]3C(=O)N2CCC(C(N)=O)CC2)nn1. The molecule has 4 aliphatic rings. The van der Waals surface area contributed by atoms with E-state index in [1.54, 1.807) is 7.11 Å². The first-order valence-corrected chi connectivity index (χ1v) is 10.2. The zero-order chi connectivity index (χ0) is 19.7. The molecule has 0 saturated carbocycles. The predicted molar refractivity (Wildman–Crippen MR) is 101 cm³/mol. The number of aromatic nitrogens is 3. The minimum Gasteiger partial charge on any atom is -0.378 e. The first-order chi connectivity index (χ1) is 13.5. The third-order valence-corrected chi connectivity index (χ3v) is 6.68. The van der Waals surface area contributed by atoms with Crippen molar-refractivity contribution >= 4 is 11.8 Å². The number of piperidine rings is 4. The second kappa shape index (κ2) is 8.16. The number of hydrogen-bond donors (Lipinski definition) is 1. The summed E-state index contributed by atoms with van der Waals surface area (Å²) in [5, 5.41) is 8.34. The predicted octanol–water partition coefficient (Wildman–Crippen LogP) is -0.141. The van der Waals surface area contributed by atoms with E-state index in [-0.39, 0.29) is 23.7 Å². The zero-order valence-corrected chi connectivity index (χ0v) is 16.5. The Kier molecular flexibility index (Phi) is 5.63. The molecule has 0 radical (unpaired) electrons. The van der Waals surface area contributed by atoms with Crippen LogP contribution in [0.1, 0.15) is 31.4 Å². The molecule has 4 fully saturated rings. The third-order valence-electron chi connectivity index (χ3n) is 6.68. The van der Waals surface area contributed by atoms with Crippen molar-refractivity contribution in [2.75, 3.05) is 33.3 Å².